The molecular weight excluding hydrogens is 539 g/mol. The van der Waals surface area contributed by atoms with Gasteiger partial charge in [0, 0.05) is 58.1 Å². The second-order valence-electron chi connectivity index (χ2n) is 10.4. The number of hydrogen-bond donors (Lipinski definition) is 0. The van der Waals surface area contributed by atoms with Gasteiger partial charge in [-0.1, -0.05) is 24.3 Å². The normalized spacial score (nSPS) is 18.6. The maximum Gasteiger partial charge on any atom is 0.416 e. The average Bonchev–Trinajstić information content (AvgIpc) is 3.40. The third-order valence-electron chi connectivity index (χ3n) is 7.46. The molecule has 1 atom stereocenters. The number of anilines is 2. The van der Waals surface area contributed by atoms with Gasteiger partial charge in [0.1, 0.15) is 0 Å². The molecule has 0 bridgehead atoms. The lowest BCUT2D eigenvalue weighted by atomic mass is 9.98. The van der Waals surface area contributed by atoms with Gasteiger partial charge in [0.15, 0.2) is 0 Å². The maximum atomic E-state index is 13.7. The molecule has 3 aromatic rings. The predicted octanol–water partition coefficient (Wildman–Crippen LogP) is 5.06. The van der Waals surface area contributed by atoms with E-state index in [0.717, 1.165) is 77.4 Å². The standard InChI is InChI=1S/C29H32F3N5O2S/c1-34(2)24-10-6-22(7-11-24)28-20-27(21-4-12-25(13-5-21)36-18-16-35(3)17-19-36)33-37(28)40(38,39)26-14-8-23(9-15-26)29(30,31)32/h4-15,28H,16-20H2,1-3H3. The quantitative estimate of drug-likeness (QED) is 0.414. The summed E-state index contributed by atoms with van der Waals surface area (Å²) >= 11 is 0. The maximum absolute atomic E-state index is 13.7. The van der Waals surface area contributed by atoms with Gasteiger partial charge >= 0.3 is 6.18 Å². The number of rotatable bonds is 6. The monoisotopic (exact) mass is 571 g/mol. The van der Waals surface area contributed by atoms with Crippen molar-refractivity contribution < 1.29 is 21.6 Å². The average molecular weight is 572 g/mol. The Balaban J connectivity index is 1.48. The van der Waals surface area contributed by atoms with Gasteiger partial charge in [0.25, 0.3) is 10.0 Å². The highest BCUT2D eigenvalue weighted by molar-refractivity contribution is 7.89. The zero-order valence-corrected chi connectivity index (χ0v) is 23.5. The van der Waals surface area contributed by atoms with Gasteiger partial charge in [0.2, 0.25) is 0 Å². The van der Waals surface area contributed by atoms with E-state index in [0.29, 0.717) is 12.1 Å². The number of nitrogens with zero attached hydrogens (tertiary/aromatic N) is 5. The van der Waals surface area contributed by atoms with Crippen LogP contribution in [0.15, 0.2) is 82.8 Å². The van der Waals surface area contributed by atoms with Gasteiger partial charge in [-0.3, -0.25) is 0 Å². The Morgan fingerprint density at radius 2 is 1.45 bits per heavy atom. The van der Waals surface area contributed by atoms with E-state index in [1.807, 2.05) is 67.5 Å². The van der Waals surface area contributed by atoms with E-state index in [1.54, 1.807) is 0 Å². The number of likely N-dealkylation sites (N-methyl/N-ethyl adjacent to an activating group) is 1. The van der Waals surface area contributed by atoms with E-state index in [-0.39, 0.29) is 4.90 Å². The van der Waals surface area contributed by atoms with Crippen LogP contribution in [0, 0.1) is 0 Å². The molecule has 7 nitrogen and oxygen atoms in total. The van der Waals surface area contributed by atoms with Crippen LogP contribution in [0.4, 0.5) is 24.5 Å². The fourth-order valence-corrected chi connectivity index (χ4v) is 6.41. The van der Waals surface area contributed by atoms with Crippen LogP contribution in [0.1, 0.15) is 29.2 Å². The third kappa shape index (κ3) is 5.66. The summed E-state index contributed by atoms with van der Waals surface area (Å²) in [6, 6.07) is 18.4. The van der Waals surface area contributed by atoms with E-state index in [1.165, 1.54) is 0 Å². The highest BCUT2D eigenvalue weighted by Gasteiger charge is 2.38. The molecule has 2 aliphatic rings. The Morgan fingerprint density at radius 1 is 0.850 bits per heavy atom. The fraction of sp³-hybridized carbons (Fsp3) is 0.345. The van der Waals surface area contributed by atoms with Gasteiger partial charge in [0.05, 0.1) is 22.2 Å². The minimum atomic E-state index is -4.56. The molecule has 5 rings (SSSR count). The Labute approximate surface area is 233 Å². The molecule has 1 unspecified atom stereocenters. The molecule has 0 aromatic heterocycles. The summed E-state index contributed by atoms with van der Waals surface area (Å²) < 4.78 is 67.8. The van der Waals surface area contributed by atoms with E-state index in [4.69, 9.17) is 0 Å². The first-order chi connectivity index (χ1) is 18.9. The van der Waals surface area contributed by atoms with Crippen molar-refractivity contribution in [1.82, 2.24) is 9.31 Å². The fourth-order valence-electron chi connectivity index (χ4n) is 4.98. The van der Waals surface area contributed by atoms with Crippen molar-refractivity contribution in [1.29, 1.82) is 0 Å². The molecule has 0 amide bonds. The van der Waals surface area contributed by atoms with Crippen molar-refractivity contribution in [3.05, 3.63) is 89.5 Å². The zero-order valence-electron chi connectivity index (χ0n) is 22.6. The van der Waals surface area contributed by atoms with Crippen LogP contribution < -0.4 is 9.80 Å². The summed E-state index contributed by atoms with van der Waals surface area (Å²) in [6.07, 6.45) is -4.23. The largest absolute Gasteiger partial charge is 0.416 e. The van der Waals surface area contributed by atoms with E-state index in [2.05, 4.69) is 21.9 Å². The van der Waals surface area contributed by atoms with E-state index < -0.39 is 27.8 Å². The van der Waals surface area contributed by atoms with Crippen LogP contribution in [-0.4, -0.2) is 70.8 Å². The molecule has 0 radical (unpaired) electrons. The molecule has 1 saturated heterocycles. The van der Waals surface area contributed by atoms with Crippen molar-refractivity contribution >= 4 is 27.1 Å². The first-order valence-corrected chi connectivity index (χ1v) is 14.5. The van der Waals surface area contributed by atoms with Gasteiger partial charge in [-0.05, 0) is 66.7 Å². The lowest BCUT2D eigenvalue weighted by Crippen LogP contribution is -2.44. The number of halogens is 3. The second-order valence-corrected chi connectivity index (χ2v) is 12.2. The van der Waals surface area contributed by atoms with Crippen LogP contribution in [0.5, 0.6) is 0 Å². The number of hydrazone groups is 1. The minimum absolute atomic E-state index is 0.245. The Bertz CT molecular complexity index is 1460. The Morgan fingerprint density at radius 3 is 2.00 bits per heavy atom. The van der Waals surface area contributed by atoms with Crippen molar-refractivity contribution in [3.63, 3.8) is 0 Å². The number of hydrogen-bond acceptors (Lipinski definition) is 6. The Kier molecular flexibility index (Phi) is 7.54. The molecular formula is C29H32F3N5O2S. The van der Waals surface area contributed by atoms with Crippen molar-refractivity contribution in [2.45, 2.75) is 23.5 Å². The van der Waals surface area contributed by atoms with Crippen molar-refractivity contribution in [2.24, 2.45) is 5.10 Å². The number of sulfonamides is 1. The SMILES string of the molecule is CN1CCN(c2ccc(C3=NN(S(=O)(=O)c4ccc(C(F)(F)F)cc4)C(c4ccc(N(C)C)cc4)C3)cc2)CC1. The highest BCUT2D eigenvalue weighted by atomic mass is 32.2. The molecule has 2 aliphatic heterocycles. The molecule has 40 heavy (non-hydrogen) atoms. The molecule has 0 N–H and O–H groups in total. The lowest BCUT2D eigenvalue weighted by molar-refractivity contribution is -0.137. The van der Waals surface area contributed by atoms with Crippen LogP contribution >= 0.6 is 0 Å². The molecule has 2 heterocycles. The van der Waals surface area contributed by atoms with Gasteiger partial charge in [-0.2, -0.15) is 31.1 Å². The molecule has 0 spiro atoms. The topological polar surface area (TPSA) is 59.5 Å². The Hall–Kier alpha value is -3.57. The molecule has 1 fully saturated rings. The van der Waals surface area contributed by atoms with Crippen LogP contribution in [0.3, 0.4) is 0 Å². The minimum Gasteiger partial charge on any atom is -0.378 e. The van der Waals surface area contributed by atoms with Crippen LogP contribution in [-0.2, 0) is 16.2 Å². The zero-order chi connectivity index (χ0) is 28.7. The highest BCUT2D eigenvalue weighted by Crippen LogP contribution is 2.38. The predicted molar refractivity (Wildman–Crippen MR) is 151 cm³/mol. The summed E-state index contributed by atoms with van der Waals surface area (Å²) in [4.78, 5) is 6.30. The van der Waals surface area contributed by atoms with Gasteiger partial charge in [-0.15, -0.1) is 0 Å². The molecule has 11 heteroatoms. The lowest BCUT2D eigenvalue weighted by Gasteiger charge is -2.34. The molecule has 0 aliphatic carbocycles. The summed E-state index contributed by atoms with van der Waals surface area (Å²) in [5, 5.41) is 4.55. The van der Waals surface area contributed by atoms with Gasteiger partial charge in [-0.25, -0.2) is 0 Å². The third-order valence-corrected chi connectivity index (χ3v) is 9.16. The van der Waals surface area contributed by atoms with E-state index in [9.17, 15) is 21.6 Å². The summed E-state index contributed by atoms with van der Waals surface area (Å²) in [5.74, 6) is 0. The number of benzene rings is 3. The molecule has 0 saturated carbocycles. The first-order valence-electron chi connectivity index (χ1n) is 13.0. The van der Waals surface area contributed by atoms with Crippen LogP contribution in [0.2, 0.25) is 0 Å². The molecule has 212 valence electrons. The first kappa shape index (κ1) is 28.0. The van der Waals surface area contributed by atoms with Crippen molar-refractivity contribution in [2.75, 3.05) is 57.1 Å². The van der Waals surface area contributed by atoms with Crippen LogP contribution in [0.25, 0.3) is 0 Å². The number of alkyl halides is 3. The smallest absolute Gasteiger partial charge is 0.378 e. The number of piperazine rings is 1. The molecule has 3 aromatic carbocycles. The summed E-state index contributed by atoms with van der Waals surface area (Å²) in [5.41, 5.74) is 3.29. The second kappa shape index (κ2) is 10.8. The van der Waals surface area contributed by atoms with Crippen molar-refractivity contribution in [3.8, 4) is 0 Å². The van der Waals surface area contributed by atoms with Gasteiger partial charge < -0.3 is 14.7 Å². The summed E-state index contributed by atoms with van der Waals surface area (Å²) in [7, 11) is 1.70. The summed E-state index contributed by atoms with van der Waals surface area (Å²) in [6.45, 7) is 3.83. The van der Waals surface area contributed by atoms with E-state index >= 15 is 0 Å².